The van der Waals surface area contributed by atoms with Crippen molar-refractivity contribution in [3.8, 4) is 0 Å². The minimum atomic E-state index is 0.635. The van der Waals surface area contributed by atoms with Crippen molar-refractivity contribution in [3.63, 3.8) is 0 Å². The Labute approximate surface area is 71.4 Å². The number of hydrogen-bond acceptors (Lipinski definition) is 4. The van der Waals surface area contributed by atoms with Crippen LogP contribution in [0.1, 0.15) is 24.2 Å². The summed E-state index contributed by atoms with van der Waals surface area (Å²) in [5.41, 5.74) is 2.21. The third-order valence-electron chi connectivity index (χ3n) is 2.14. The Balaban J connectivity index is 2.36. The van der Waals surface area contributed by atoms with Crippen molar-refractivity contribution in [1.82, 2.24) is 15.2 Å². The number of hydrogen-bond donors (Lipinski definition) is 1. The van der Waals surface area contributed by atoms with E-state index in [-0.39, 0.29) is 0 Å². The van der Waals surface area contributed by atoms with Crippen LogP contribution in [0, 0.1) is 0 Å². The van der Waals surface area contributed by atoms with Crippen LogP contribution >= 0.6 is 0 Å². The Morgan fingerprint density at radius 2 is 1.83 bits per heavy atom. The normalized spacial score (nSPS) is 15.4. The molecule has 0 amide bonds. The third-order valence-corrected chi connectivity index (χ3v) is 2.14. The smallest absolute Gasteiger partial charge is 0.242 e. The molecule has 0 saturated heterocycles. The minimum absolute atomic E-state index is 0.635. The van der Waals surface area contributed by atoms with Crippen molar-refractivity contribution in [1.29, 1.82) is 0 Å². The summed E-state index contributed by atoms with van der Waals surface area (Å²) in [4.78, 5) is 4.35. The van der Waals surface area contributed by atoms with Crippen LogP contribution in [-0.4, -0.2) is 22.2 Å². The Morgan fingerprint density at radius 3 is 2.58 bits per heavy atom. The van der Waals surface area contributed by atoms with Gasteiger partial charge in [0.25, 0.3) is 0 Å². The van der Waals surface area contributed by atoms with Gasteiger partial charge in [0, 0.05) is 7.05 Å². The highest BCUT2D eigenvalue weighted by atomic mass is 15.2. The van der Waals surface area contributed by atoms with Gasteiger partial charge in [-0.05, 0) is 25.7 Å². The van der Waals surface area contributed by atoms with Crippen molar-refractivity contribution in [2.24, 2.45) is 0 Å². The molecule has 0 fully saturated rings. The molecule has 0 atom stereocenters. The first-order chi connectivity index (χ1) is 5.90. The van der Waals surface area contributed by atoms with E-state index in [1.807, 2.05) is 7.05 Å². The molecule has 64 valence electrons. The average Bonchev–Trinajstić information content (AvgIpc) is 2.17. The molecule has 1 aromatic rings. The standard InChI is InChI=1S/C8H12N4/c1-9-8-10-6-4-2-3-5-7(6)11-12-8/h2-5H2,1H3,(H,9,10,12). The summed E-state index contributed by atoms with van der Waals surface area (Å²) in [5.74, 6) is 0.635. The highest BCUT2D eigenvalue weighted by Gasteiger charge is 2.12. The lowest BCUT2D eigenvalue weighted by atomic mass is 10.0. The fourth-order valence-corrected chi connectivity index (χ4v) is 1.47. The average molecular weight is 164 g/mol. The zero-order valence-electron chi connectivity index (χ0n) is 7.17. The SMILES string of the molecule is CNc1nnc2c(n1)CCCC2. The highest BCUT2D eigenvalue weighted by molar-refractivity contribution is 5.25. The molecule has 1 aliphatic carbocycles. The van der Waals surface area contributed by atoms with Crippen molar-refractivity contribution >= 4 is 5.95 Å². The van der Waals surface area contributed by atoms with Gasteiger partial charge in [0.05, 0.1) is 11.4 Å². The largest absolute Gasteiger partial charge is 0.356 e. The van der Waals surface area contributed by atoms with Crippen LogP contribution in [0.3, 0.4) is 0 Å². The zero-order chi connectivity index (χ0) is 8.39. The summed E-state index contributed by atoms with van der Waals surface area (Å²) >= 11 is 0. The second-order valence-electron chi connectivity index (χ2n) is 2.99. The predicted molar refractivity (Wildman–Crippen MR) is 46.0 cm³/mol. The maximum absolute atomic E-state index is 4.35. The first-order valence-corrected chi connectivity index (χ1v) is 4.30. The van der Waals surface area contributed by atoms with E-state index in [1.54, 1.807) is 0 Å². The van der Waals surface area contributed by atoms with Crippen LogP contribution in [-0.2, 0) is 12.8 Å². The lowest BCUT2D eigenvalue weighted by Crippen LogP contribution is -2.11. The Hall–Kier alpha value is -1.19. The first-order valence-electron chi connectivity index (χ1n) is 4.30. The van der Waals surface area contributed by atoms with E-state index in [0.29, 0.717) is 5.95 Å². The minimum Gasteiger partial charge on any atom is -0.356 e. The summed E-state index contributed by atoms with van der Waals surface area (Å²) in [7, 11) is 1.81. The number of anilines is 1. The Bertz CT molecular complexity index is 284. The third kappa shape index (κ3) is 1.24. The van der Waals surface area contributed by atoms with E-state index in [1.165, 1.54) is 12.8 Å². The number of nitrogens with zero attached hydrogens (tertiary/aromatic N) is 3. The number of rotatable bonds is 1. The molecular weight excluding hydrogens is 152 g/mol. The number of aryl methyl sites for hydroxylation is 2. The van der Waals surface area contributed by atoms with Crippen LogP contribution in [0.2, 0.25) is 0 Å². The lowest BCUT2D eigenvalue weighted by Gasteiger charge is -2.12. The maximum Gasteiger partial charge on any atom is 0.242 e. The van der Waals surface area contributed by atoms with Crippen molar-refractivity contribution in [2.45, 2.75) is 25.7 Å². The second-order valence-corrected chi connectivity index (χ2v) is 2.99. The monoisotopic (exact) mass is 164 g/mol. The first kappa shape index (κ1) is 7.46. The molecule has 12 heavy (non-hydrogen) atoms. The number of aromatic nitrogens is 3. The predicted octanol–water partition coefficient (Wildman–Crippen LogP) is 0.792. The van der Waals surface area contributed by atoms with Crippen molar-refractivity contribution in [2.75, 3.05) is 12.4 Å². The molecule has 1 heterocycles. The van der Waals surface area contributed by atoms with Crippen LogP contribution in [0.4, 0.5) is 5.95 Å². The van der Waals surface area contributed by atoms with E-state index < -0.39 is 0 Å². The number of nitrogens with one attached hydrogen (secondary N) is 1. The highest BCUT2D eigenvalue weighted by Crippen LogP contribution is 2.16. The maximum atomic E-state index is 4.35. The van der Waals surface area contributed by atoms with Gasteiger partial charge in [-0.15, -0.1) is 10.2 Å². The molecule has 2 rings (SSSR count). The molecule has 0 bridgehead atoms. The van der Waals surface area contributed by atoms with Crippen LogP contribution in [0.5, 0.6) is 0 Å². The molecule has 0 saturated carbocycles. The van der Waals surface area contributed by atoms with Gasteiger partial charge >= 0.3 is 0 Å². The van der Waals surface area contributed by atoms with Gasteiger partial charge < -0.3 is 5.32 Å². The summed E-state index contributed by atoms with van der Waals surface area (Å²) in [6.45, 7) is 0. The molecule has 1 aliphatic rings. The van der Waals surface area contributed by atoms with Gasteiger partial charge in [0.15, 0.2) is 0 Å². The molecule has 0 radical (unpaired) electrons. The summed E-state index contributed by atoms with van der Waals surface area (Å²) < 4.78 is 0. The van der Waals surface area contributed by atoms with Gasteiger partial charge in [-0.1, -0.05) is 0 Å². The van der Waals surface area contributed by atoms with Gasteiger partial charge in [-0.2, -0.15) is 0 Å². The van der Waals surface area contributed by atoms with Gasteiger partial charge in [0.1, 0.15) is 0 Å². The van der Waals surface area contributed by atoms with E-state index in [2.05, 4.69) is 20.5 Å². The van der Waals surface area contributed by atoms with E-state index in [4.69, 9.17) is 0 Å². The van der Waals surface area contributed by atoms with E-state index in [9.17, 15) is 0 Å². The van der Waals surface area contributed by atoms with Crippen molar-refractivity contribution in [3.05, 3.63) is 11.4 Å². The molecule has 4 heteroatoms. The lowest BCUT2D eigenvalue weighted by molar-refractivity contribution is 0.634. The summed E-state index contributed by atoms with van der Waals surface area (Å²) in [5, 5.41) is 10.9. The Morgan fingerprint density at radius 1 is 1.08 bits per heavy atom. The molecule has 4 nitrogen and oxygen atoms in total. The quantitative estimate of drug-likeness (QED) is 0.666. The Kier molecular flexibility index (Phi) is 1.89. The zero-order valence-corrected chi connectivity index (χ0v) is 7.17. The van der Waals surface area contributed by atoms with Crippen LogP contribution in [0.15, 0.2) is 0 Å². The summed E-state index contributed by atoms with van der Waals surface area (Å²) in [6.07, 6.45) is 4.55. The van der Waals surface area contributed by atoms with Gasteiger partial charge in [-0.25, -0.2) is 4.98 Å². The second kappa shape index (κ2) is 3.05. The van der Waals surface area contributed by atoms with Crippen LogP contribution < -0.4 is 5.32 Å². The molecule has 1 N–H and O–H groups in total. The molecule has 0 spiro atoms. The summed E-state index contributed by atoms with van der Waals surface area (Å²) in [6, 6.07) is 0. The molecule has 0 aliphatic heterocycles. The molecule has 0 unspecified atom stereocenters. The van der Waals surface area contributed by atoms with Crippen LogP contribution in [0.25, 0.3) is 0 Å². The topological polar surface area (TPSA) is 50.7 Å². The molecular formula is C8H12N4. The van der Waals surface area contributed by atoms with E-state index in [0.717, 1.165) is 24.2 Å². The number of fused-ring (bicyclic) bond motifs is 1. The fraction of sp³-hybridized carbons (Fsp3) is 0.625. The van der Waals surface area contributed by atoms with Gasteiger partial charge in [-0.3, -0.25) is 0 Å². The fourth-order valence-electron chi connectivity index (χ4n) is 1.47. The molecule has 1 aromatic heterocycles. The van der Waals surface area contributed by atoms with Crippen molar-refractivity contribution < 1.29 is 0 Å². The molecule has 0 aromatic carbocycles. The van der Waals surface area contributed by atoms with E-state index >= 15 is 0 Å². The van der Waals surface area contributed by atoms with Gasteiger partial charge in [0.2, 0.25) is 5.95 Å².